The van der Waals surface area contributed by atoms with Crippen molar-refractivity contribution in [2.75, 3.05) is 20.8 Å². The minimum atomic E-state index is -0.430. The molecule has 0 aliphatic rings. The van der Waals surface area contributed by atoms with Crippen molar-refractivity contribution in [1.82, 2.24) is 0 Å². The molecule has 140 valence electrons. The van der Waals surface area contributed by atoms with Crippen LogP contribution in [-0.2, 0) is 0 Å². The fourth-order valence-electron chi connectivity index (χ4n) is 2.95. The van der Waals surface area contributed by atoms with Crippen molar-refractivity contribution in [3.05, 3.63) is 64.5 Å². The van der Waals surface area contributed by atoms with Crippen molar-refractivity contribution in [1.29, 1.82) is 0 Å². The lowest BCUT2D eigenvalue weighted by Gasteiger charge is -2.13. The van der Waals surface area contributed by atoms with Crippen molar-refractivity contribution in [2.24, 2.45) is 0 Å². The molecule has 0 fully saturated rings. The number of fused-ring (bicyclic) bond motifs is 1. The lowest BCUT2D eigenvalue weighted by Crippen LogP contribution is -2.07. The van der Waals surface area contributed by atoms with Gasteiger partial charge in [0.2, 0.25) is 0 Å². The second-order valence-corrected chi connectivity index (χ2v) is 6.36. The average Bonchev–Trinajstić information content (AvgIpc) is 2.66. The molecule has 0 unspecified atom stereocenters. The number of methoxy groups -OCH3 is 2. The number of hydrogen-bond acceptors (Lipinski definition) is 5. The van der Waals surface area contributed by atoms with Gasteiger partial charge in [-0.25, -0.2) is 4.79 Å². The van der Waals surface area contributed by atoms with Crippen LogP contribution in [0.15, 0.2) is 57.8 Å². The van der Waals surface area contributed by atoms with E-state index in [-0.39, 0.29) is 0 Å². The highest BCUT2D eigenvalue weighted by molar-refractivity contribution is 5.88. The standard InChI is InChI=1S/C22H22O5/c1-13(2)12-26-16-7-8-17-14(3)21(22(23)27-20(17)11-16)18-9-6-15(24-4)10-19(18)25-5/h6-11H,1,12H2,2-5H3. The SMILES string of the molecule is C=C(C)COc1ccc2c(C)c(-c3ccc(OC)cc3OC)c(=O)oc2c1. The molecule has 27 heavy (non-hydrogen) atoms. The Balaban J connectivity index is 2.14. The van der Waals surface area contributed by atoms with Crippen molar-refractivity contribution < 1.29 is 18.6 Å². The second-order valence-electron chi connectivity index (χ2n) is 6.36. The molecule has 1 heterocycles. The monoisotopic (exact) mass is 366 g/mol. The van der Waals surface area contributed by atoms with Gasteiger partial charge in [0.1, 0.15) is 29.4 Å². The predicted octanol–water partition coefficient (Wildman–Crippen LogP) is 4.74. The Morgan fingerprint density at radius 1 is 1.07 bits per heavy atom. The van der Waals surface area contributed by atoms with Gasteiger partial charge >= 0.3 is 5.63 Å². The van der Waals surface area contributed by atoms with Crippen LogP contribution >= 0.6 is 0 Å². The Morgan fingerprint density at radius 3 is 2.48 bits per heavy atom. The van der Waals surface area contributed by atoms with E-state index in [1.165, 1.54) is 0 Å². The number of aryl methyl sites for hydroxylation is 1. The summed E-state index contributed by atoms with van der Waals surface area (Å²) in [5, 5.41) is 0.838. The van der Waals surface area contributed by atoms with Crippen LogP contribution in [0.5, 0.6) is 17.2 Å². The number of benzene rings is 2. The molecular formula is C22H22O5. The van der Waals surface area contributed by atoms with E-state index in [2.05, 4.69) is 6.58 Å². The third kappa shape index (κ3) is 3.67. The van der Waals surface area contributed by atoms with E-state index in [1.807, 2.05) is 26.0 Å². The molecule has 5 heteroatoms. The summed E-state index contributed by atoms with van der Waals surface area (Å²) in [7, 11) is 3.14. The van der Waals surface area contributed by atoms with Crippen LogP contribution in [0.1, 0.15) is 12.5 Å². The fourth-order valence-corrected chi connectivity index (χ4v) is 2.95. The van der Waals surface area contributed by atoms with E-state index < -0.39 is 5.63 Å². The lowest BCUT2D eigenvalue weighted by atomic mass is 9.98. The number of rotatable bonds is 6. The quantitative estimate of drug-likeness (QED) is 0.466. The molecule has 0 atom stereocenters. The summed E-state index contributed by atoms with van der Waals surface area (Å²) in [6.45, 7) is 8.01. The highest BCUT2D eigenvalue weighted by atomic mass is 16.5. The Kier molecular flexibility index (Phi) is 5.21. The normalized spacial score (nSPS) is 10.7. The molecule has 1 aromatic heterocycles. The van der Waals surface area contributed by atoms with Crippen LogP contribution in [0, 0.1) is 6.92 Å². The van der Waals surface area contributed by atoms with Crippen molar-refractivity contribution in [3.8, 4) is 28.4 Å². The smallest absolute Gasteiger partial charge is 0.344 e. The van der Waals surface area contributed by atoms with Gasteiger partial charge < -0.3 is 18.6 Å². The Bertz CT molecular complexity index is 1060. The van der Waals surface area contributed by atoms with Gasteiger partial charge in [-0.3, -0.25) is 0 Å². The molecule has 0 aliphatic carbocycles. The maximum atomic E-state index is 12.7. The first-order valence-corrected chi connectivity index (χ1v) is 8.51. The van der Waals surface area contributed by atoms with E-state index in [0.717, 1.165) is 16.5 Å². The maximum Gasteiger partial charge on any atom is 0.344 e. The molecule has 0 spiro atoms. The molecule has 0 saturated heterocycles. The zero-order valence-corrected chi connectivity index (χ0v) is 15.9. The molecule has 0 N–H and O–H groups in total. The molecule has 3 aromatic rings. The van der Waals surface area contributed by atoms with Crippen LogP contribution in [0.4, 0.5) is 0 Å². The molecule has 5 nitrogen and oxygen atoms in total. The van der Waals surface area contributed by atoms with Crippen LogP contribution in [-0.4, -0.2) is 20.8 Å². The van der Waals surface area contributed by atoms with Crippen LogP contribution < -0.4 is 19.8 Å². The van der Waals surface area contributed by atoms with E-state index in [4.69, 9.17) is 18.6 Å². The molecular weight excluding hydrogens is 344 g/mol. The third-order valence-corrected chi connectivity index (χ3v) is 4.30. The molecule has 0 radical (unpaired) electrons. The van der Waals surface area contributed by atoms with Gasteiger partial charge in [-0.1, -0.05) is 6.58 Å². The van der Waals surface area contributed by atoms with Gasteiger partial charge in [0.25, 0.3) is 0 Å². The van der Waals surface area contributed by atoms with Gasteiger partial charge in [-0.05, 0) is 49.2 Å². The molecule has 2 aromatic carbocycles. The summed E-state index contributed by atoms with van der Waals surface area (Å²) in [5.74, 6) is 1.83. The molecule has 0 bridgehead atoms. The minimum Gasteiger partial charge on any atom is -0.497 e. The van der Waals surface area contributed by atoms with Gasteiger partial charge in [-0.15, -0.1) is 0 Å². The first-order valence-electron chi connectivity index (χ1n) is 8.51. The molecule has 3 rings (SSSR count). The fraction of sp³-hybridized carbons (Fsp3) is 0.227. The van der Waals surface area contributed by atoms with Gasteiger partial charge in [-0.2, -0.15) is 0 Å². The molecule has 0 aliphatic heterocycles. The lowest BCUT2D eigenvalue weighted by molar-refractivity contribution is 0.352. The zero-order chi connectivity index (χ0) is 19.6. The third-order valence-electron chi connectivity index (χ3n) is 4.30. The number of hydrogen-bond donors (Lipinski definition) is 0. The van der Waals surface area contributed by atoms with E-state index >= 15 is 0 Å². The first-order chi connectivity index (χ1) is 12.9. The summed E-state index contributed by atoms with van der Waals surface area (Å²) in [4.78, 5) is 12.7. The largest absolute Gasteiger partial charge is 0.497 e. The van der Waals surface area contributed by atoms with Crippen molar-refractivity contribution >= 4 is 11.0 Å². The topological polar surface area (TPSA) is 57.9 Å². The maximum absolute atomic E-state index is 12.7. The van der Waals surface area contributed by atoms with Gasteiger partial charge in [0, 0.05) is 23.1 Å². The summed E-state index contributed by atoms with van der Waals surface area (Å²) in [6, 6.07) is 10.8. The van der Waals surface area contributed by atoms with Crippen LogP contribution in [0.2, 0.25) is 0 Å². The summed E-state index contributed by atoms with van der Waals surface area (Å²) in [5.41, 5.74) is 2.91. The van der Waals surface area contributed by atoms with Crippen molar-refractivity contribution in [2.45, 2.75) is 13.8 Å². The van der Waals surface area contributed by atoms with Gasteiger partial charge in [0.05, 0.1) is 19.8 Å². The van der Waals surface area contributed by atoms with E-state index in [9.17, 15) is 4.79 Å². The Hall–Kier alpha value is -3.21. The highest BCUT2D eigenvalue weighted by Crippen LogP contribution is 2.36. The van der Waals surface area contributed by atoms with Crippen LogP contribution in [0.25, 0.3) is 22.1 Å². The van der Waals surface area contributed by atoms with Crippen LogP contribution in [0.3, 0.4) is 0 Å². The summed E-state index contributed by atoms with van der Waals surface area (Å²) in [6.07, 6.45) is 0. The Labute approximate surface area is 157 Å². The average molecular weight is 366 g/mol. The van der Waals surface area contributed by atoms with E-state index in [1.54, 1.807) is 38.5 Å². The molecule has 0 saturated carbocycles. The first kappa shape index (κ1) is 18.6. The van der Waals surface area contributed by atoms with Crippen molar-refractivity contribution in [3.63, 3.8) is 0 Å². The number of ether oxygens (including phenoxy) is 3. The predicted molar refractivity (Wildman–Crippen MR) is 106 cm³/mol. The minimum absolute atomic E-state index is 0.413. The molecule has 0 amide bonds. The highest BCUT2D eigenvalue weighted by Gasteiger charge is 2.18. The van der Waals surface area contributed by atoms with Gasteiger partial charge in [0.15, 0.2) is 0 Å². The summed E-state index contributed by atoms with van der Waals surface area (Å²) < 4.78 is 21.9. The summed E-state index contributed by atoms with van der Waals surface area (Å²) >= 11 is 0. The Morgan fingerprint density at radius 2 is 1.81 bits per heavy atom. The van der Waals surface area contributed by atoms with E-state index in [0.29, 0.717) is 40.6 Å². The second kappa shape index (κ2) is 7.58. The zero-order valence-electron chi connectivity index (χ0n) is 15.9.